The number of amides is 2. The summed E-state index contributed by atoms with van der Waals surface area (Å²) in [6.45, 7) is 3.65. The summed E-state index contributed by atoms with van der Waals surface area (Å²) < 4.78 is 0. The number of thiazole rings is 1. The van der Waals surface area contributed by atoms with E-state index in [0.29, 0.717) is 17.4 Å². The zero-order valence-corrected chi connectivity index (χ0v) is 15.4. The molecule has 130 valence electrons. The summed E-state index contributed by atoms with van der Waals surface area (Å²) >= 11 is 1.23. The second kappa shape index (κ2) is 8.98. The summed E-state index contributed by atoms with van der Waals surface area (Å²) in [7, 11) is 0. The van der Waals surface area contributed by atoms with Crippen LogP contribution in [0.5, 0.6) is 0 Å². The normalized spacial score (nSPS) is 11.7. The molecule has 24 heavy (non-hydrogen) atoms. The Morgan fingerprint density at radius 2 is 2.00 bits per heavy atom. The van der Waals surface area contributed by atoms with E-state index in [0.717, 1.165) is 18.7 Å². The lowest BCUT2D eigenvalue weighted by atomic mass is 10.1. The molecule has 9 heteroatoms. The van der Waals surface area contributed by atoms with Gasteiger partial charge in [-0.2, -0.15) is 0 Å². The minimum atomic E-state index is -0.244. The molecular formula is C15H18Cl2N4O2S. The van der Waals surface area contributed by atoms with E-state index in [1.807, 2.05) is 6.07 Å². The minimum absolute atomic E-state index is 0. The van der Waals surface area contributed by atoms with E-state index in [2.05, 4.69) is 33.1 Å². The predicted octanol–water partition coefficient (Wildman–Crippen LogP) is 2.48. The summed E-state index contributed by atoms with van der Waals surface area (Å²) in [6, 6.07) is 6.23. The number of fused-ring (bicyclic) bond motifs is 1. The van der Waals surface area contributed by atoms with Crippen LogP contribution in [0.15, 0.2) is 23.6 Å². The van der Waals surface area contributed by atoms with Crippen LogP contribution in [0.1, 0.15) is 34.1 Å². The van der Waals surface area contributed by atoms with Crippen molar-refractivity contribution in [2.24, 2.45) is 0 Å². The molecular weight excluding hydrogens is 371 g/mol. The van der Waals surface area contributed by atoms with E-state index in [-0.39, 0.29) is 36.6 Å². The molecule has 3 N–H and O–H groups in total. The Morgan fingerprint density at radius 1 is 1.25 bits per heavy atom. The van der Waals surface area contributed by atoms with E-state index in [1.54, 1.807) is 5.38 Å². The fourth-order valence-corrected chi connectivity index (χ4v) is 3.05. The van der Waals surface area contributed by atoms with Gasteiger partial charge in [0.15, 0.2) is 5.13 Å². The molecule has 2 amide bonds. The van der Waals surface area contributed by atoms with Crippen molar-refractivity contribution >= 4 is 53.1 Å². The average Bonchev–Trinajstić information content (AvgIpc) is 3.12. The quantitative estimate of drug-likeness (QED) is 0.750. The van der Waals surface area contributed by atoms with Gasteiger partial charge in [0.05, 0.1) is 0 Å². The van der Waals surface area contributed by atoms with Gasteiger partial charge in [-0.1, -0.05) is 18.2 Å². The molecule has 0 atom stereocenters. The van der Waals surface area contributed by atoms with Gasteiger partial charge in [0.2, 0.25) is 5.91 Å². The number of hydrogen-bond acceptors (Lipinski definition) is 5. The molecule has 3 rings (SSSR count). The van der Waals surface area contributed by atoms with Crippen LogP contribution in [0.25, 0.3) is 0 Å². The van der Waals surface area contributed by atoms with Gasteiger partial charge >= 0.3 is 0 Å². The molecule has 0 saturated heterocycles. The van der Waals surface area contributed by atoms with Crippen LogP contribution in [0.2, 0.25) is 0 Å². The van der Waals surface area contributed by atoms with Crippen molar-refractivity contribution in [3.8, 4) is 0 Å². The molecule has 0 saturated carbocycles. The summed E-state index contributed by atoms with van der Waals surface area (Å²) in [4.78, 5) is 27.1. The number of anilines is 1. The number of carbonyl (C=O) groups excluding carboxylic acids is 2. The Kier molecular flexibility index (Phi) is 7.62. The zero-order valence-electron chi connectivity index (χ0n) is 12.9. The standard InChI is InChI=1S/C15H16N4O2S.2ClH/c1-9(20)18-15-19-13(8-22-15)14(21)17-5-10-2-3-11-6-16-7-12(11)4-10;;/h2-4,8,16H,5-7H2,1H3,(H,17,21)(H,18,19,20);2*1H. The zero-order chi connectivity index (χ0) is 15.5. The molecule has 0 spiro atoms. The summed E-state index contributed by atoms with van der Waals surface area (Å²) in [5, 5.41) is 10.8. The molecule has 1 aromatic heterocycles. The maximum Gasteiger partial charge on any atom is 0.271 e. The number of aromatic nitrogens is 1. The highest BCUT2D eigenvalue weighted by atomic mass is 35.5. The van der Waals surface area contributed by atoms with E-state index in [1.165, 1.54) is 29.4 Å². The van der Waals surface area contributed by atoms with Gasteiger partial charge < -0.3 is 16.0 Å². The lowest BCUT2D eigenvalue weighted by Gasteiger charge is -2.06. The fourth-order valence-electron chi connectivity index (χ4n) is 2.32. The van der Waals surface area contributed by atoms with Gasteiger partial charge in [0, 0.05) is 31.9 Å². The third-order valence-corrected chi connectivity index (χ3v) is 4.13. The second-order valence-corrected chi connectivity index (χ2v) is 5.97. The van der Waals surface area contributed by atoms with Crippen LogP contribution in [0, 0.1) is 0 Å². The van der Waals surface area contributed by atoms with Crippen LogP contribution in [0.4, 0.5) is 5.13 Å². The number of carbonyl (C=O) groups is 2. The Balaban J connectivity index is 0.00000144. The topological polar surface area (TPSA) is 83.1 Å². The van der Waals surface area contributed by atoms with Crippen molar-refractivity contribution < 1.29 is 9.59 Å². The highest BCUT2D eigenvalue weighted by Crippen LogP contribution is 2.18. The Bertz CT molecular complexity index is 736. The predicted molar refractivity (Wildman–Crippen MR) is 99.1 cm³/mol. The van der Waals surface area contributed by atoms with E-state index in [4.69, 9.17) is 0 Å². The number of benzene rings is 1. The van der Waals surface area contributed by atoms with E-state index >= 15 is 0 Å². The smallest absolute Gasteiger partial charge is 0.271 e. The molecule has 1 aliphatic rings. The molecule has 6 nitrogen and oxygen atoms in total. The first-order chi connectivity index (χ1) is 10.6. The van der Waals surface area contributed by atoms with Gasteiger partial charge in [-0.15, -0.1) is 36.2 Å². The molecule has 2 heterocycles. The van der Waals surface area contributed by atoms with Crippen molar-refractivity contribution in [3.63, 3.8) is 0 Å². The fraction of sp³-hybridized carbons (Fsp3) is 0.267. The first-order valence-electron chi connectivity index (χ1n) is 6.94. The summed E-state index contributed by atoms with van der Waals surface area (Å²) in [6.07, 6.45) is 0. The molecule has 1 aromatic carbocycles. The third-order valence-electron chi connectivity index (χ3n) is 3.37. The van der Waals surface area contributed by atoms with Crippen molar-refractivity contribution in [2.45, 2.75) is 26.6 Å². The lowest BCUT2D eigenvalue weighted by molar-refractivity contribution is -0.114. The average molecular weight is 389 g/mol. The molecule has 0 radical (unpaired) electrons. The third kappa shape index (κ3) is 4.91. The van der Waals surface area contributed by atoms with Crippen LogP contribution in [-0.2, 0) is 24.4 Å². The first kappa shape index (κ1) is 20.4. The summed E-state index contributed by atoms with van der Waals surface area (Å²) in [5.74, 6) is -0.445. The lowest BCUT2D eigenvalue weighted by Crippen LogP contribution is -2.23. The maximum atomic E-state index is 12.1. The number of halogens is 2. The molecule has 1 aliphatic heterocycles. The van der Waals surface area contributed by atoms with Crippen molar-refractivity contribution in [3.05, 3.63) is 46.0 Å². The van der Waals surface area contributed by atoms with Crippen molar-refractivity contribution in [1.29, 1.82) is 0 Å². The highest BCUT2D eigenvalue weighted by Gasteiger charge is 2.13. The Labute approximate surface area is 156 Å². The largest absolute Gasteiger partial charge is 0.347 e. The Morgan fingerprint density at radius 3 is 2.75 bits per heavy atom. The maximum absolute atomic E-state index is 12.1. The van der Waals surface area contributed by atoms with Gasteiger partial charge in [0.25, 0.3) is 5.91 Å². The number of nitrogens with one attached hydrogen (secondary N) is 3. The Hall–Kier alpha value is -1.67. The number of hydrogen-bond donors (Lipinski definition) is 3. The van der Waals surface area contributed by atoms with Crippen LogP contribution < -0.4 is 16.0 Å². The second-order valence-electron chi connectivity index (χ2n) is 5.11. The van der Waals surface area contributed by atoms with Crippen LogP contribution >= 0.6 is 36.2 Å². The molecule has 0 bridgehead atoms. The van der Waals surface area contributed by atoms with Gasteiger partial charge in [-0.05, 0) is 16.7 Å². The van der Waals surface area contributed by atoms with E-state index in [9.17, 15) is 9.59 Å². The molecule has 0 fully saturated rings. The van der Waals surface area contributed by atoms with Gasteiger partial charge in [-0.25, -0.2) is 4.98 Å². The first-order valence-corrected chi connectivity index (χ1v) is 7.82. The minimum Gasteiger partial charge on any atom is -0.347 e. The van der Waals surface area contributed by atoms with Crippen molar-refractivity contribution in [2.75, 3.05) is 5.32 Å². The molecule has 2 aromatic rings. The highest BCUT2D eigenvalue weighted by molar-refractivity contribution is 7.14. The van der Waals surface area contributed by atoms with E-state index < -0.39 is 0 Å². The van der Waals surface area contributed by atoms with Gasteiger partial charge in [0.1, 0.15) is 5.69 Å². The van der Waals surface area contributed by atoms with Crippen molar-refractivity contribution in [1.82, 2.24) is 15.6 Å². The monoisotopic (exact) mass is 388 g/mol. The number of rotatable bonds is 4. The molecule has 0 unspecified atom stereocenters. The number of nitrogens with zero attached hydrogens (tertiary/aromatic N) is 1. The SMILES string of the molecule is CC(=O)Nc1nc(C(=O)NCc2ccc3c(c2)CNC3)cs1.Cl.Cl. The van der Waals surface area contributed by atoms with Crippen LogP contribution in [0.3, 0.4) is 0 Å². The molecule has 0 aliphatic carbocycles. The summed E-state index contributed by atoms with van der Waals surface area (Å²) in [5.41, 5.74) is 3.98. The van der Waals surface area contributed by atoms with Gasteiger partial charge in [-0.3, -0.25) is 9.59 Å². The van der Waals surface area contributed by atoms with Crippen LogP contribution in [-0.4, -0.2) is 16.8 Å².